The number of hydrogen-bond acceptors (Lipinski definition) is 2. The standard InChI is InChI=1S/C22H42O2.C5H12O/c1-2-3-4-5-6-7-8-9-10-11-12-13-14-15-16-17-18-19-20-21-22(23)24;1-2-3-4-5-6/h9-10H,2-8,11-21H2,1H3,(H,23,24);6H,2-5H2,1H3/b10-9-;. The van der Waals surface area contributed by atoms with Crippen LogP contribution >= 0.6 is 0 Å². The summed E-state index contributed by atoms with van der Waals surface area (Å²) in [4.78, 5) is 10.4. The lowest BCUT2D eigenvalue weighted by Gasteiger charge is -2.01. The SMILES string of the molecule is CCCCCCCC/C=C\CCCCCCCCCCCC(=O)O.CCCCCO. The van der Waals surface area contributed by atoms with E-state index in [0.717, 1.165) is 25.7 Å². The molecule has 0 aromatic rings. The fourth-order valence-corrected chi connectivity index (χ4v) is 3.42. The van der Waals surface area contributed by atoms with E-state index in [4.69, 9.17) is 10.2 Å². The number of aliphatic carboxylic acids is 1. The summed E-state index contributed by atoms with van der Waals surface area (Å²) >= 11 is 0. The van der Waals surface area contributed by atoms with Gasteiger partial charge in [0, 0.05) is 13.0 Å². The second-order valence-electron chi connectivity index (χ2n) is 8.57. The molecular formula is C27H54O3. The predicted molar refractivity (Wildman–Crippen MR) is 132 cm³/mol. The Kier molecular flexibility index (Phi) is 31.7. The zero-order valence-electron chi connectivity index (χ0n) is 20.5. The Morgan fingerprint density at radius 2 is 0.933 bits per heavy atom. The van der Waals surface area contributed by atoms with Gasteiger partial charge in [-0.15, -0.1) is 0 Å². The highest BCUT2D eigenvalue weighted by Gasteiger charge is 1.96. The van der Waals surface area contributed by atoms with Crippen LogP contribution in [0, 0.1) is 0 Å². The normalized spacial score (nSPS) is 10.9. The zero-order valence-corrected chi connectivity index (χ0v) is 20.5. The Hall–Kier alpha value is -0.830. The maximum atomic E-state index is 10.4. The molecule has 0 bridgehead atoms. The summed E-state index contributed by atoms with van der Waals surface area (Å²) in [5.41, 5.74) is 0. The summed E-state index contributed by atoms with van der Waals surface area (Å²) in [5, 5.41) is 16.7. The molecule has 0 aliphatic carbocycles. The highest BCUT2D eigenvalue weighted by molar-refractivity contribution is 5.66. The Bertz CT molecular complexity index is 335. The van der Waals surface area contributed by atoms with E-state index >= 15 is 0 Å². The van der Waals surface area contributed by atoms with Crippen LogP contribution in [0.3, 0.4) is 0 Å². The molecule has 0 aromatic heterocycles. The highest BCUT2D eigenvalue weighted by atomic mass is 16.4. The number of unbranched alkanes of at least 4 members (excludes halogenated alkanes) is 17. The zero-order chi connectivity index (χ0) is 22.5. The van der Waals surface area contributed by atoms with Crippen molar-refractivity contribution in [1.82, 2.24) is 0 Å². The molecule has 0 saturated carbocycles. The van der Waals surface area contributed by atoms with Crippen LogP contribution < -0.4 is 0 Å². The number of carboxylic acids is 1. The largest absolute Gasteiger partial charge is 0.481 e. The van der Waals surface area contributed by atoms with Crippen LogP contribution in [0.4, 0.5) is 0 Å². The first-order chi connectivity index (χ1) is 14.7. The van der Waals surface area contributed by atoms with Crippen molar-refractivity contribution >= 4 is 5.97 Å². The lowest BCUT2D eigenvalue weighted by molar-refractivity contribution is -0.137. The molecule has 30 heavy (non-hydrogen) atoms. The molecule has 0 aliphatic heterocycles. The number of rotatable bonds is 22. The summed E-state index contributed by atoms with van der Waals surface area (Å²) in [6, 6.07) is 0. The molecule has 0 saturated heterocycles. The minimum Gasteiger partial charge on any atom is -0.481 e. The van der Waals surface area contributed by atoms with Gasteiger partial charge < -0.3 is 10.2 Å². The number of aliphatic hydroxyl groups is 1. The van der Waals surface area contributed by atoms with E-state index in [1.54, 1.807) is 0 Å². The molecule has 3 heteroatoms. The summed E-state index contributed by atoms with van der Waals surface area (Å²) in [5.74, 6) is -0.656. The Labute approximate surface area is 188 Å². The van der Waals surface area contributed by atoms with E-state index in [1.807, 2.05) is 0 Å². The Balaban J connectivity index is 0. The van der Waals surface area contributed by atoms with E-state index in [9.17, 15) is 4.79 Å². The van der Waals surface area contributed by atoms with Gasteiger partial charge in [0.15, 0.2) is 0 Å². The number of carboxylic acid groups (broad SMARTS) is 1. The van der Waals surface area contributed by atoms with Crippen molar-refractivity contribution in [2.45, 2.75) is 149 Å². The lowest BCUT2D eigenvalue weighted by Crippen LogP contribution is -1.93. The molecule has 0 radical (unpaired) electrons. The van der Waals surface area contributed by atoms with E-state index in [0.29, 0.717) is 13.0 Å². The molecule has 0 aliphatic rings. The van der Waals surface area contributed by atoms with Crippen LogP contribution in [0.2, 0.25) is 0 Å². The van der Waals surface area contributed by atoms with Gasteiger partial charge in [0.1, 0.15) is 0 Å². The molecule has 0 fully saturated rings. The molecule has 0 amide bonds. The minimum absolute atomic E-state index is 0.340. The van der Waals surface area contributed by atoms with Crippen molar-refractivity contribution in [3.05, 3.63) is 12.2 Å². The fraction of sp³-hybridized carbons (Fsp3) is 0.889. The fourth-order valence-electron chi connectivity index (χ4n) is 3.42. The third-order valence-corrected chi connectivity index (χ3v) is 5.41. The molecule has 0 heterocycles. The number of allylic oxidation sites excluding steroid dienone is 2. The Morgan fingerprint density at radius 1 is 0.567 bits per heavy atom. The first-order valence-electron chi connectivity index (χ1n) is 13.2. The summed E-state index contributed by atoms with van der Waals surface area (Å²) in [6.45, 7) is 4.75. The number of aliphatic hydroxyl groups excluding tert-OH is 1. The van der Waals surface area contributed by atoms with Gasteiger partial charge >= 0.3 is 5.97 Å². The topological polar surface area (TPSA) is 57.5 Å². The summed E-state index contributed by atoms with van der Waals surface area (Å²) in [7, 11) is 0. The number of carbonyl (C=O) groups is 1. The van der Waals surface area contributed by atoms with Gasteiger partial charge in [-0.25, -0.2) is 0 Å². The van der Waals surface area contributed by atoms with Crippen molar-refractivity contribution < 1.29 is 15.0 Å². The molecule has 0 aromatic carbocycles. The smallest absolute Gasteiger partial charge is 0.303 e. The van der Waals surface area contributed by atoms with Gasteiger partial charge in [0.05, 0.1) is 0 Å². The molecule has 2 N–H and O–H groups in total. The van der Waals surface area contributed by atoms with Crippen molar-refractivity contribution in [1.29, 1.82) is 0 Å². The highest BCUT2D eigenvalue weighted by Crippen LogP contribution is 2.12. The predicted octanol–water partition coefficient (Wildman–Crippen LogP) is 8.84. The maximum Gasteiger partial charge on any atom is 0.303 e. The minimum atomic E-state index is -0.656. The van der Waals surface area contributed by atoms with Crippen molar-refractivity contribution in [2.24, 2.45) is 0 Å². The van der Waals surface area contributed by atoms with Gasteiger partial charge in [-0.3, -0.25) is 4.79 Å². The molecule has 0 spiro atoms. The molecule has 3 nitrogen and oxygen atoms in total. The van der Waals surface area contributed by atoms with Gasteiger partial charge in [-0.05, 0) is 38.5 Å². The van der Waals surface area contributed by atoms with Gasteiger partial charge in [-0.1, -0.05) is 116 Å². The monoisotopic (exact) mass is 426 g/mol. The van der Waals surface area contributed by atoms with Crippen LogP contribution in [-0.4, -0.2) is 22.8 Å². The van der Waals surface area contributed by atoms with E-state index in [1.165, 1.54) is 103 Å². The first-order valence-corrected chi connectivity index (χ1v) is 13.2. The molecule has 180 valence electrons. The van der Waals surface area contributed by atoms with Crippen LogP contribution in [0.15, 0.2) is 12.2 Å². The second-order valence-corrected chi connectivity index (χ2v) is 8.57. The summed E-state index contributed by atoms with van der Waals surface area (Å²) < 4.78 is 0. The average Bonchev–Trinajstić information content (AvgIpc) is 2.74. The molecular weight excluding hydrogens is 372 g/mol. The van der Waals surface area contributed by atoms with Crippen molar-refractivity contribution in [3.8, 4) is 0 Å². The van der Waals surface area contributed by atoms with E-state index in [-0.39, 0.29) is 0 Å². The molecule has 0 rings (SSSR count). The maximum absolute atomic E-state index is 10.4. The van der Waals surface area contributed by atoms with E-state index in [2.05, 4.69) is 26.0 Å². The van der Waals surface area contributed by atoms with Crippen LogP contribution in [0.25, 0.3) is 0 Å². The molecule has 0 atom stereocenters. The second kappa shape index (κ2) is 30.4. The number of hydrogen-bond donors (Lipinski definition) is 2. The first kappa shape index (κ1) is 31.4. The van der Waals surface area contributed by atoms with Gasteiger partial charge in [0.25, 0.3) is 0 Å². The lowest BCUT2D eigenvalue weighted by atomic mass is 10.1. The van der Waals surface area contributed by atoms with Crippen molar-refractivity contribution in [2.75, 3.05) is 6.61 Å². The van der Waals surface area contributed by atoms with Crippen LogP contribution in [0.1, 0.15) is 149 Å². The third kappa shape index (κ3) is 34.7. The van der Waals surface area contributed by atoms with Crippen LogP contribution in [0.5, 0.6) is 0 Å². The quantitative estimate of drug-likeness (QED) is 0.134. The van der Waals surface area contributed by atoms with E-state index < -0.39 is 5.97 Å². The average molecular weight is 427 g/mol. The van der Waals surface area contributed by atoms with Crippen LogP contribution in [-0.2, 0) is 4.79 Å². The summed E-state index contributed by atoms with van der Waals surface area (Å²) in [6.07, 6.45) is 30.4. The third-order valence-electron chi connectivity index (χ3n) is 5.41. The van der Waals surface area contributed by atoms with Gasteiger partial charge in [0.2, 0.25) is 0 Å². The Morgan fingerprint density at radius 3 is 1.30 bits per heavy atom. The molecule has 0 unspecified atom stereocenters. The van der Waals surface area contributed by atoms with Crippen molar-refractivity contribution in [3.63, 3.8) is 0 Å². The van der Waals surface area contributed by atoms with Gasteiger partial charge in [-0.2, -0.15) is 0 Å².